The van der Waals surface area contributed by atoms with Crippen LogP contribution in [0.25, 0.3) is 27.6 Å². The van der Waals surface area contributed by atoms with Crippen LogP contribution in [0.3, 0.4) is 0 Å². The minimum Gasteiger partial charge on any atom is -0.378 e. The molecule has 0 aliphatic carbocycles. The molecule has 220 valence electrons. The summed E-state index contributed by atoms with van der Waals surface area (Å²) in [6.07, 6.45) is 3.96. The van der Waals surface area contributed by atoms with Crippen molar-refractivity contribution < 1.29 is 9.53 Å². The molecule has 1 fully saturated rings. The second-order valence-electron chi connectivity index (χ2n) is 10.3. The van der Waals surface area contributed by atoms with E-state index in [0.29, 0.717) is 22.4 Å². The highest BCUT2D eigenvalue weighted by Gasteiger charge is 2.20. The van der Waals surface area contributed by atoms with Gasteiger partial charge in [-0.3, -0.25) is 9.20 Å². The Kier molecular flexibility index (Phi) is 7.93. The van der Waals surface area contributed by atoms with Gasteiger partial charge in [0.25, 0.3) is 0 Å². The number of amides is 1. The Morgan fingerprint density at radius 3 is 2.61 bits per heavy atom. The van der Waals surface area contributed by atoms with Gasteiger partial charge in [0.1, 0.15) is 5.69 Å². The molecule has 0 bridgehead atoms. The molecular formula is C33H28ClN7O2S. The number of ether oxygens (including phenoxy) is 1. The van der Waals surface area contributed by atoms with Gasteiger partial charge in [0.15, 0.2) is 4.96 Å². The molecule has 0 saturated carbocycles. The smallest absolute Gasteiger partial charge is 0.228 e. The van der Waals surface area contributed by atoms with E-state index in [1.165, 1.54) is 11.3 Å². The highest BCUT2D eigenvalue weighted by Crippen LogP contribution is 2.36. The molecule has 0 spiro atoms. The van der Waals surface area contributed by atoms with Gasteiger partial charge in [-0.05, 0) is 48.0 Å². The van der Waals surface area contributed by atoms with E-state index in [0.717, 1.165) is 65.2 Å². The molecule has 0 radical (unpaired) electrons. The molecule has 11 heteroatoms. The molecule has 1 amide bonds. The number of thiazole rings is 1. The standard InChI is InChI=1S/C33H28ClN7O2S/c34-26-11-6-23(21-28(26)37-29(42)20-22-4-2-1-3-5-22)30-31(41-16-19-44-33(41)39-30)27-12-13-35-32(38-27)36-24-7-9-25(10-8-24)40-14-17-43-18-15-40/h1-13,16,19,21H,14-15,17-18,20H2,(H,37,42)(H,35,36,38). The number of nitrogens with one attached hydrogen (secondary N) is 2. The Balaban J connectivity index is 1.16. The molecule has 0 unspecified atom stereocenters. The highest BCUT2D eigenvalue weighted by molar-refractivity contribution is 7.15. The predicted molar refractivity (Wildman–Crippen MR) is 176 cm³/mol. The Morgan fingerprint density at radius 1 is 0.977 bits per heavy atom. The quantitative estimate of drug-likeness (QED) is 0.190. The van der Waals surface area contributed by atoms with Gasteiger partial charge in [-0.15, -0.1) is 11.3 Å². The number of benzene rings is 3. The summed E-state index contributed by atoms with van der Waals surface area (Å²) in [6.45, 7) is 3.26. The van der Waals surface area contributed by atoms with E-state index in [9.17, 15) is 4.79 Å². The number of carbonyl (C=O) groups is 1. The fourth-order valence-electron chi connectivity index (χ4n) is 5.23. The fraction of sp³-hybridized carbons (Fsp3) is 0.152. The van der Waals surface area contributed by atoms with E-state index in [1.807, 2.05) is 76.6 Å². The molecule has 1 aliphatic heterocycles. The van der Waals surface area contributed by atoms with E-state index < -0.39 is 0 Å². The third-order valence-corrected chi connectivity index (χ3v) is 8.47. The normalized spacial score (nSPS) is 13.2. The zero-order valence-corrected chi connectivity index (χ0v) is 25.2. The summed E-state index contributed by atoms with van der Waals surface area (Å²) in [6, 6.07) is 25.3. The van der Waals surface area contributed by atoms with E-state index in [-0.39, 0.29) is 12.3 Å². The number of morpholine rings is 1. The van der Waals surface area contributed by atoms with Crippen LogP contribution in [0.1, 0.15) is 5.56 Å². The van der Waals surface area contributed by atoms with Crippen LogP contribution in [0, 0.1) is 0 Å². The van der Waals surface area contributed by atoms with Gasteiger partial charge in [0.2, 0.25) is 11.9 Å². The van der Waals surface area contributed by atoms with Crippen molar-refractivity contribution in [1.29, 1.82) is 0 Å². The van der Waals surface area contributed by atoms with Crippen molar-refractivity contribution in [3.8, 4) is 22.6 Å². The molecule has 7 rings (SSSR count). The molecule has 1 saturated heterocycles. The molecule has 4 heterocycles. The lowest BCUT2D eigenvalue weighted by atomic mass is 10.1. The monoisotopic (exact) mass is 621 g/mol. The number of imidazole rings is 1. The first-order valence-corrected chi connectivity index (χ1v) is 15.5. The largest absolute Gasteiger partial charge is 0.378 e. The van der Waals surface area contributed by atoms with Crippen molar-refractivity contribution in [2.24, 2.45) is 0 Å². The Bertz CT molecular complexity index is 1920. The zero-order chi connectivity index (χ0) is 29.9. The van der Waals surface area contributed by atoms with E-state index in [1.54, 1.807) is 12.3 Å². The first-order valence-electron chi connectivity index (χ1n) is 14.2. The lowest BCUT2D eigenvalue weighted by Gasteiger charge is -2.28. The van der Waals surface area contributed by atoms with Gasteiger partial charge in [-0.2, -0.15) is 0 Å². The molecule has 3 aromatic carbocycles. The summed E-state index contributed by atoms with van der Waals surface area (Å²) >= 11 is 8.06. The van der Waals surface area contributed by atoms with Gasteiger partial charge in [0.05, 0.1) is 41.7 Å². The number of hydrogen-bond donors (Lipinski definition) is 2. The number of rotatable bonds is 8. The molecule has 3 aromatic heterocycles. The molecule has 6 aromatic rings. The van der Waals surface area contributed by atoms with Gasteiger partial charge in [-0.25, -0.2) is 15.0 Å². The lowest BCUT2D eigenvalue weighted by molar-refractivity contribution is -0.115. The van der Waals surface area contributed by atoms with Crippen LogP contribution in [0.4, 0.5) is 23.0 Å². The summed E-state index contributed by atoms with van der Waals surface area (Å²) in [5.41, 5.74) is 6.57. The SMILES string of the molecule is O=C(Cc1ccccc1)Nc1cc(-c2nc3sccn3c2-c2ccnc(Nc3ccc(N4CCOCC4)cc3)n2)ccc1Cl. The topological polar surface area (TPSA) is 96.7 Å². The fourth-order valence-corrected chi connectivity index (χ4v) is 6.11. The van der Waals surface area contributed by atoms with Crippen LogP contribution in [-0.4, -0.2) is 51.6 Å². The maximum atomic E-state index is 12.8. The number of aromatic nitrogens is 4. The average Bonchev–Trinajstić information content (AvgIpc) is 3.65. The molecule has 9 nitrogen and oxygen atoms in total. The van der Waals surface area contributed by atoms with E-state index >= 15 is 0 Å². The van der Waals surface area contributed by atoms with Crippen LogP contribution in [0.5, 0.6) is 0 Å². The molecule has 44 heavy (non-hydrogen) atoms. The highest BCUT2D eigenvalue weighted by atomic mass is 35.5. The lowest BCUT2D eigenvalue weighted by Crippen LogP contribution is -2.36. The van der Waals surface area contributed by atoms with Crippen LogP contribution in [0.2, 0.25) is 5.02 Å². The maximum absolute atomic E-state index is 12.8. The first-order chi connectivity index (χ1) is 21.6. The summed E-state index contributed by atoms with van der Waals surface area (Å²) in [5.74, 6) is 0.327. The summed E-state index contributed by atoms with van der Waals surface area (Å²) in [4.78, 5) is 30.3. The Labute approximate surface area is 263 Å². The number of nitrogens with zero attached hydrogens (tertiary/aromatic N) is 5. The van der Waals surface area contributed by atoms with E-state index in [4.69, 9.17) is 26.3 Å². The van der Waals surface area contributed by atoms with Crippen molar-refractivity contribution in [3.63, 3.8) is 0 Å². The van der Waals surface area contributed by atoms with Gasteiger partial charge < -0.3 is 20.3 Å². The van der Waals surface area contributed by atoms with Crippen LogP contribution < -0.4 is 15.5 Å². The minimum absolute atomic E-state index is 0.147. The average molecular weight is 622 g/mol. The molecule has 2 N–H and O–H groups in total. The third kappa shape index (κ3) is 6.00. The number of anilines is 4. The minimum atomic E-state index is -0.147. The molecular weight excluding hydrogens is 594 g/mol. The Morgan fingerprint density at radius 2 is 1.80 bits per heavy atom. The summed E-state index contributed by atoms with van der Waals surface area (Å²) < 4.78 is 7.49. The predicted octanol–water partition coefficient (Wildman–Crippen LogP) is 6.93. The Hall–Kier alpha value is -4.77. The van der Waals surface area contributed by atoms with E-state index in [2.05, 4.69) is 32.7 Å². The van der Waals surface area contributed by atoms with Gasteiger partial charge in [0, 0.05) is 47.8 Å². The second kappa shape index (κ2) is 12.5. The van der Waals surface area contributed by atoms with Crippen molar-refractivity contribution in [2.75, 3.05) is 41.8 Å². The second-order valence-corrected chi connectivity index (χ2v) is 11.6. The van der Waals surface area contributed by atoms with Crippen molar-refractivity contribution in [1.82, 2.24) is 19.4 Å². The molecule has 1 aliphatic rings. The van der Waals surface area contributed by atoms with Gasteiger partial charge in [-0.1, -0.05) is 48.0 Å². The zero-order valence-electron chi connectivity index (χ0n) is 23.6. The van der Waals surface area contributed by atoms with Crippen molar-refractivity contribution in [2.45, 2.75) is 6.42 Å². The summed E-state index contributed by atoms with van der Waals surface area (Å²) in [7, 11) is 0. The number of carbonyl (C=O) groups excluding carboxylic acids is 1. The molecule has 0 atom stereocenters. The van der Waals surface area contributed by atoms with Gasteiger partial charge >= 0.3 is 0 Å². The number of hydrogen-bond acceptors (Lipinski definition) is 8. The van der Waals surface area contributed by atoms with Crippen LogP contribution in [-0.2, 0) is 16.0 Å². The van der Waals surface area contributed by atoms with Crippen LogP contribution in [0.15, 0.2) is 96.6 Å². The number of fused-ring (bicyclic) bond motifs is 1. The third-order valence-electron chi connectivity index (χ3n) is 7.38. The van der Waals surface area contributed by atoms with Crippen molar-refractivity contribution >= 4 is 56.8 Å². The maximum Gasteiger partial charge on any atom is 0.228 e. The number of halogens is 1. The van der Waals surface area contributed by atoms with Crippen LogP contribution >= 0.6 is 22.9 Å². The first kappa shape index (κ1) is 28.0. The summed E-state index contributed by atoms with van der Waals surface area (Å²) in [5, 5.41) is 8.75. The van der Waals surface area contributed by atoms with Crippen molar-refractivity contribution in [3.05, 3.63) is 107 Å².